The van der Waals surface area contributed by atoms with Gasteiger partial charge in [0.15, 0.2) is 5.78 Å². The molecular weight excluding hydrogens is 523 g/mol. The van der Waals surface area contributed by atoms with Crippen molar-refractivity contribution in [3.63, 3.8) is 0 Å². The van der Waals surface area contributed by atoms with Gasteiger partial charge in [-0.3, -0.25) is 14.6 Å². The number of carbonyl (C=O) groups excluding carboxylic acids is 2. The number of ketones is 1. The first-order chi connectivity index (χ1) is 19.5. The highest BCUT2D eigenvalue weighted by atomic mass is 32.1. The van der Waals surface area contributed by atoms with Crippen LogP contribution in [0.4, 0.5) is 4.39 Å². The number of aromatic amines is 1. The number of unbranched alkanes of at least 4 members (excludes halogenated alkanes) is 2. The van der Waals surface area contributed by atoms with E-state index in [0.29, 0.717) is 41.1 Å². The lowest BCUT2D eigenvalue weighted by molar-refractivity contribution is 0.0935. The molecule has 0 spiro atoms. The molecule has 1 unspecified atom stereocenters. The Morgan fingerprint density at radius 1 is 0.975 bits per heavy atom. The molecule has 0 fully saturated rings. The number of imidazole rings is 1. The number of Topliss-reactive ketones (excluding diaryl/α,β-unsaturated/α-hetero) is 1. The third-order valence-corrected chi connectivity index (χ3v) is 7.81. The fourth-order valence-corrected chi connectivity index (χ4v) is 5.42. The van der Waals surface area contributed by atoms with Gasteiger partial charge in [-0.2, -0.15) is 0 Å². The van der Waals surface area contributed by atoms with E-state index in [1.807, 2.05) is 12.1 Å². The summed E-state index contributed by atoms with van der Waals surface area (Å²) in [6.07, 6.45) is 5.45. The molecule has 1 amide bonds. The fourth-order valence-electron chi connectivity index (χ4n) is 4.90. The van der Waals surface area contributed by atoms with Crippen molar-refractivity contribution in [2.24, 2.45) is 0 Å². The number of benzene rings is 3. The summed E-state index contributed by atoms with van der Waals surface area (Å²) in [5.74, 6) is 0.451. The number of fused-ring (bicyclic) bond motifs is 1. The van der Waals surface area contributed by atoms with Crippen LogP contribution in [0.3, 0.4) is 0 Å². The quantitative estimate of drug-likeness (QED) is 0.121. The summed E-state index contributed by atoms with van der Waals surface area (Å²) in [5, 5.41) is 5.42. The number of alkyl halides is 1. The van der Waals surface area contributed by atoms with E-state index < -0.39 is 6.17 Å². The summed E-state index contributed by atoms with van der Waals surface area (Å²) in [7, 11) is 0. The summed E-state index contributed by atoms with van der Waals surface area (Å²) in [6.45, 7) is 1.45. The molecule has 2 N–H and O–H groups in total. The van der Waals surface area contributed by atoms with Gasteiger partial charge in [-0.25, -0.2) is 9.37 Å². The van der Waals surface area contributed by atoms with E-state index in [2.05, 4.69) is 50.6 Å². The molecule has 2 heterocycles. The van der Waals surface area contributed by atoms with Gasteiger partial charge < -0.3 is 10.3 Å². The molecule has 0 saturated heterocycles. The van der Waals surface area contributed by atoms with E-state index in [0.717, 1.165) is 29.5 Å². The normalized spacial score (nSPS) is 12.8. The first-order valence-electron chi connectivity index (χ1n) is 13.5. The standard InChI is InChI=1S/C32H31FN4O2S/c1-21(33)25-11-7-8-12-26(25)29(38)14-4-2-3-13-27(37-32(39)30-19-34-20-40-30)31-35-18-28(36-31)24-16-15-22-9-5-6-10-23(22)17-24/h5-12,15-21,27H,2-4,13-14H2,1H3,(H,35,36)(H,37,39)/t21?,27-/m0/s1. The zero-order chi connectivity index (χ0) is 27.9. The third kappa shape index (κ3) is 6.51. The topological polar surface area (TPSA) is 87.7 Å². The largest absolute Gasteiger partial charge is 0.341 e. The lowest BCUT2D eigenvalue weighted by Gasteiger charge is -2.16. The Morgan fingerprint density at radius 2 is 1.77 bits per heavy atom. The monoisotopic (exact) mass is 554 g/mol. The van der Waals surface area contributed by atoms with Gasteiger partial charge in [-0.15, -0.1) is 11.3 Å². The third-order valence-electron chi connectivity index (χ3n) is 7.03. The van der Waals surface area contributed by atoms with Crippen molar-refractivity contribution in [1.82, 2.24) is 20.3 Å². The van der Waals surface area contributed by atoms with E-state index in [9.17, 15) is 14.0 Å². The molecule has 0 saturated carbocycles. The summed E-state index contributed by atoms with van der Waals surface area (Å²) < 4.78 is 13.9. The van der Waals surface area contributed by atoms with Gasteiger partial charge in [0.1, 0.15) is 16.9 Å². The number of amides is 1. The van der Waals surface area contributed by atoms with E-state index in [1.54, 1.807) is 42.2 Å². The zero-order valence-corrected chi connectivity index (χ0v) is 23.1. The minimum atomic E-state index is -1.18. The number of aromatic nitrogens is 3. The van der Waals surface area contributed by atoms with Gasteiger partial charge in [-0.05, 0) is 42.2 Å². The van der Waals surface area contributed by atoms with Crippen LogP contribution in [0, 0.1) is 0 Å². The highest BCUT2D eigenvalue weighted by Gasteiger charge is 2.20. The van der Waals surface area contributed by atoms with Gasteiger partial charge in [0.25, 0.3) is 5.91 Å². The van der Waals surface area contributed by atoms with Gasteiger partial charge in [0.05, 0.1) is 29.6 Å². The fraction of sp³-hybridized carbons (Fsp3) is 0.250. The van der Waals surface area contributed by atoms with Crippen LogP contribution >= 0.6 is 11.3 Å². The number of hydrogen-bond donors (Lipinski definition) is 2. The highest BCUT2D eigenvalue weighted by Crippen LogP contribution is 2.27. The van der Waals surface area contributed by atoms with Crippen LogP contribution in [-0.2, 0) is 0 Å². The molecule has 3 aromatic carbocycles. The molecule has 8 heteroatoms. The average Bonchev–Trinajstić information content (AvgIpc) is 3.69. The molecule has 2 atom stereocenters. The predicted octanol–water partition coefficient (Wildman–Crippen LogP) is 8.02. The highest BCUT2D eigenvalue weighted by molar-refractivity contribution is 7.11. The minimum absolute atomic E-state index is 0.0405. The number of carbonyl (C=O) groups is 2. The molecule has 0 radical (unpaired) electrons. The van der Waals surface area contributed by atoms with Crippen LogP contribution in [-0.4, -0.2) is 26.6 Å². The Morgan fingerprint density at radius 3 is 2.58 bits per heavy atom. The molecular formula is C32H31FN4O2S. The number of rotatable bonds is 12. The average molecular weight is 555 g/mol. The predicted molar refractivity (Wildman–Crippen MR) is 157 cm³/mol. The second-order valence-electron chi connectivity index (χ2n) is 9.86. The minimum Gasteiger partial charge on any atom is -0.341 e. The molecule has 5 rings (SSSR count). The zero-order valence-electron chi connectivity index (χ0n) is 22.3. The van der Waals surface area contributed by atoms with E-state index in [1.165, 1.54) is 23.6 Å². The Balaban J connectivity index is 1.24. The van der Waals surface area contributed by atoms with Gasteiger partial charge in [0, 0.05) is 17.5 Å². The number of nitrogens with one attached hydrogen (secondary N) is 2. The summed E-state index contributed by atoms with van der Waals surface area (Å²) in [5.41, 5.74) is 4.44. The SMILES string of the molecule is CC(F)c1ccccc1C(=O)CCCCC[C@H](NC(=O)c1cncs1)c1ncc(-c2ccc3ccccc3c2)[nH]1. The molecule has 0 aliphatic heterocycles. The second kappa shape index (κ2) is 12.8. The summed E-state index contributed by atoms with van der Waals surface area (Å²) in [6, 6.07) is 21.0. The van der Waals surface area contributed by atoms with E-state index >= 15 is 0 Å². The molecule has 6 nitrogen and oxygen atoms in total. The number of hydrogen-bond acceptors (Lipinski definition) is 5. The molecule has 0 aliphatic carbocycles. The van der Waals surface area contributed by atoms with Gasteiger partial charge >= 0.3 is 0 Å². The molecule has 0 aliphatic rings. The molecule has 5 aromatic rings. The summed E-state index contributed by atoms with van der Waals surface area (Å²) in [4.78, 5) is 38.2. The Hall–Kier alpha value is -4.17. The van der Waals surface area contributed by atoms with Gasteiger partial charge in [-0.1, -0.05) is 73.5 Å². The van der Waals surface area contributed by atoms with Crippen LogP contribution < -0.4 is 5.32 Å². The van der Waals surface area contributed by atoms with Crippen LogP contribution in [0.15, 0.2) is 84.6 Å². The van der Waals surface area contributed by atoms with Crippen molar-refractivity contribution in [2.45, 2.75) is 51.2 Å². The maximum Gasteiger partial charge on any atom is 0.263 e. The maximum absolute atomic E-state index is 13.9. The van der Waals surface area contributed by atoms with Crippen LogP contribution in [0.1, 0.15) is 82.7 Å². The smallest absolute Gasteiger partial charge is 0.263 e. The summed E-state index contributed by atoms with van der Waals surface area (Å²) >= 11 is 1.29. The molecule has 40 heavy (non-hydrogen) atoms. The van der Waals surface area contributed by atoms with E-state index in [4.69, 9.17) is 0 Å². The first-order valence-corrected chi connectivity index (χ1v) is 14.4. The van der Waals surface area contributed by atoms with Crippen molar-refractivity contribution < 1.29 is 14.0 Å². The Kier molecular flexibility index (Phi) is 8.76. The van der Waals surface area contributed by atoms with Crippen molar-refractivity contribution >= 4 is 33.8 Å². The molecule has 0 bridgehead atoms. The van der Waals surface area contributed by atoms with Crippen LogP contribution in [0.5, 0.6) is 0 Å². The second-order valence-corrected chi connectivity index (χ2v) is 10.7. The lowest BCUT2D eigenvalue weighted by Crippen LogP contribution is -2.28. The van der Waals surface area contributed by atoms with Crippen molar-refractivity contribution in [3.8, 4) is 11.3 Å². The number of nitrogens with zero attached hydrogens (tertiary/aromatic N) is 2. The van der Waals surface area contributed by atoms with Crippen molar-refractivity contribution in [2.75, 3.05) is 0 Å². The van der Waals surface area contributed by atoms with Crippen LogP contribution in [0.2, 0.25) is 0 Å². The van der Waals surface area contributed by atoms with Crippen molar-refractivity contribution in [3.05, 3.63) is 106 Å². The maximum atomic E-state index is 13.9. The Bertz CT molecular complexity index is 1600. The number of H-pyrrole nitrogens is 1. The van der Waals surface area contributed by atoms with Crippen molar-refractivity contribution in [1.29, 1.82) is 0 Å². The first kappa shape index (κ1) is 27.4. The number of thiazole rings is 1. The Labute approximate surface area is 236 Å². The lowest BCUT2D eigenvalue weighted by atomic mass is 9.97. The van der Waals surface area contributed by atoms with Crippen LogP contribution in [0.25, 0.3) is 22.0 Å². The number of halogens is 1. The van der Waals surface area contributed by atoms with Gasteiger partial charge in [0.2, 0.25) is 0 Å². The van der Waals surface area contributed by atoms with E-state index in [-0.39, 0.29) is 17.7 Å². The molecule has 2 aromatic heterocycles. The molecule has 204 valence electrons.